The van der Waals surface area contributed by atoms with E-state index in [4.69, 9.17) is 18.8 Å². The molecule has 1 aliphatic heterocycles. The standard InChI is InChI=1S/C30H35BN2O4/c1-21-16-27(31-36-29(2,3)30(4,5)37-31)26(18-32)28(17-21)33(19-22-8-12-24(34-6)13-9-22)20-23-10-14-25(35-7)15-11-23/h8-17H,19-20H2,1-7H3. The third-order valence-corrected chi connectivity index (χ3v) is 7.32. The highest BCUT2D eigenvalue weighted by atomic mass is 16.7. The summed E-state index contributed by atoms with van der Waals surface area (Å²) < 4.78 is 23.4. The van der Waals surface area contributed by atoms with Crippen LogP contribution in [0.4, 0.5) is 5.69 Å². The molecule has 192 valence electrons. The zero-order valence-electron chi connectivity index (χ0n) is 22.8. The van der Waals surface area contributed by atoms with Gasteiger partial charge >= 0.3 is 7.12 Å². The van der Waals surface area contributed by atoms with E-state index in [2.05, 4.69) is 41.3 Å². The molecule has 3 aromatic rings. The van der Waals surface area contributed by atoms with Crippen LogP contribution in [0.5, 0.6) is 11.5 Å². The first-order valence-electron chi connectivity index (χ1n) is 12.5. The summed E-state index contributed by atoms with van der Waals surface area (Å²) in [6.45, 7) is 11.3. The number of ether oxygens (including phenoxy) is 2. The second-order valence-corrected chi connectivity index (χ2v) is 10.5. The summed E-state index contributed by atoms with van der Waals surface area (Å²) in [7, 11) is 2.70. The van der Waals surface area contributed by atoms with Crippen LogP contribution in [-0.4, -0.2) is 32.5 Å². The van der Waals surface area contributed by atoms with Crippen molar-refractivity contribution in [1.29, 1.82) is 5.26 Å². The Labute approximate surface area is 220 Å². The van der Waals surface area contributed by atoms with E-state index in [1.807, 2.05) is 65.0 Å². The van der Waals surface area contributed by atoms with Gasteiger partial charge in [-0.05, 0) is 81.6 Å². The molecule has 1 aliphatic rings. The quantitative estimate of drug-likeness (QED) is 0.388. The normalized spacial score (nSPS) is 15.8. The largest absolute Gasteiger partial charge is 0.497 e. The third kappa shape index (κ3) is 5.61. The van der Waals surface area contributed by atoms with Gasteiger partial charge in [0.1, 0.15) is 17.6 Å². The lowest BCUT2D eigenvalue weighted by molar-refractivity contribution is 0.00578. The molecule has 0 spiro atoms. The minimum atomic E-state index is -0.623. The van der Waals surface area contributed by atoms with Crippen LogP contribution in [0, 0.1) is 18.3 Å². The molecule has 0 unspecified atom stereocenters. The topological polar surface area (TPSA) is 64.0 Å². The van der Waals surface area contributed by atoms with E-state index in [0.29, 0.717) is 18.7 Å². The minimum Gasteiger partial charge on any atom is -0.497 e. The molecule has 3 aromatic carbocycles. The zero-order chi connectivity index (χ0) is 26.8. The highest BCUT2D eigenvalue weighted by Gasteiger charge is 2.52. The van der Waals surface area contributed by atoms with Gasteiger partial charge in [-0.2, -0.15) is 5.26 Å². The highest BCUT2D eigenvalue weighted by Crippen LogP contribution is 2.37. The van der Waals surface area contributed by atoms with Crippen molar-refractivity contribution in [2.75, 3.05) is 19.1 Å². The Bertz CT molecular complexity index is 1220. The van der Waals surface area contributed by atoms with Gasteiger partial charge < -0.3 is 23.7 Å². The summed E-state index contributed by atoms with van der Waals surface area (Å²) in [6, 6.07) is 22.6. The smallest absolute Gasteiger partial charge is 0.496 e. The van der Waals surface area contributed by atoms with Gasteiger partial charge in [-0.3, -0.25) is 0 Å². The first kappa shape index (κ1) is 26.6. The summed E-state index contributed by atoms with van der Waals surface area (Å²) in [6.07, 6.45) is 0. The van der Waals surface area contributed by atoms with Crippen molar-refractivity contribution in [2.45, 2.75) is 58.9 Å². The van der Waals surface area contributed by atoms with Gasteiger partial charge in [0.15, 0.2) is 0 Å². The number of nitrogens with zero attached hydrogens (tertiary/aromatic N) is 2. The zero-order valence-corrected chi connectivity index (χ0v) is 22.8. The van der Waals surface area contributed by atoms with Gasteiger partial charge in [0.25, 0.3) is 0 Å². The summed E-state index contributed by atoms with van der Waals surface area (Å²) >= 11 is 0. The number of nitriles is 1. The van der Waals surface area contributed by atoms with Gasteiger partial charge in [0.2, 0.25) is 0 Å². The summed E-state index contributed by atoms with van der Waals surface area (Å²) in [4.78, 5) is 2.23. The van der Waals surface area contributed by atoms with Gasteiger partial charge in [-0.15, -0.1) is 0 Å². The predicted molar refractivity (Wildman–Crippen MR) is 147 cm³/mol. The molecule has 0 aliphatic carbocycles. The molecule has 0 saturated carbocycles. The van der Waals surface area contributed by atoms with Crippen LogP contribution in [0.1, 0.15) is 49.9 Å². The number of hydrogen-bond donors (Lipinski definition) is 0. The van der Waals surface area contributed by atoms with Gasteiger partial charge in [0, 0.05) is 18.6 Å². The predicted octanol–water partition coefficient (Wildman–Crippen LogP) is 5.39. The highest BCUT2D eigenvalue weighted by molar-refractivity contribution is 6.63. The molecule has 1 saturated heterocycles. The van der Waals surface area contributed by atoms with Crippen molar-refractivity contribution >= 4 is 18.3 Å². The van der Waals surface area contributed by atoms with E-state index in [0.717, 1.165) is 39.3 Å². The molecule has 0 aromatic heterocycles. The van der Waals surface area contributed by atoms with Gasteiger partial charge in [-0.1, -0.05) is 30.3 Å². The molecule has 0 radical (unpaired) electrons. The Morgan fingerprint density at radius 3 is 1.68 bits per heavy atom. The molecule has 6 nitrogen and oxygen atoms in total. The Morgan fingerprint density at radius 2 is 1.27 bits per heavy atom. The Balaban J connectivity index is 1.77. The maximum absolute atomic E-state index is 10.4. The summed E-state index contributed by atoms with van der Waals surface area (Å²) in [5, 5.41) is 10.4. The average Bonchev–Trinajstić information content (AvgIpc) is 3.10. The molecule has 1 heterocycles. The fourth-order valence-corrected chi connectivity index (χ4v) is 4.45. The number of anilines is 1. The van der Waals surface area contributed by atoms with Crippen molar-refractivity contribution in [3.63, 3.8) is 0 Å². The van der Waals surface area contributed by atoms with Crippen LogP contribution in [0.15, 0.2) is 60.7 Å². The first-order valence-corrected chi connectivity index (χ1v) is 12.5. The fraction of sp³-hybridized carbons (Fsp3) is 0.367. The second-order valence-electron chi connectivity index (χ2n) is 10.5. The minimum absolute atomic E-state index is 0.500. The lowest BCUT2D eigenvalue weighted by atomic mass is 9.74. The number of aryl methyl sites for hydroxylation is 1. The monoisotopic (exact) mass is 498 g/mol. The van der Waals surface area contributed by atoms with Crippen molar-refractivity contribution in [3.8, 4) is 17.6 Å². The molecule has 0 N–H and O–H groups in total. The van der Waals surface area contributed by atoms with Crippen LogP contribution in [0.2, 0.25) is 0 Å². The Kier molecular flexibility index (Phi) is 7.54. The molecular weight excluding hydrogens is 463 g/mol. The SMILES string of the molecule is COc1ccc(CN(Cc2ccc(OC)cc2)c2cc(C)cc(B3OC(C)(C)C(C)(C)O3)c2C#N)cc1. The lowest BCUT2D eigenvalue weighted by Crippen LogP contribution is -2.41. The van der Waals surface area contributed by atoms with E-state index in [-0.39, 0.29) is 0 Å². The summed E-state index contributed by atoms with van der Waals surface area (Å²) in [5.41, 5.74) is 4.41. The van der Waals surface area contributed by atoms with Crippen LogP contribution in [0.3, 0.4) is 0 Å². The number of hydrogen-bond acceptors (Lipinski definition) is 6. The van der Waals surface area contributed by atoms with Crippen LogP contribution >= 0.6 is 0 Å². The Morgan fingerprint density at radius 1 is 0.811 bits per heavy atom. The molecule has 1 fully saturated rings. The van der Waals surface area contributed by atoms with Crippen molar-refractivity contribution in [2.24, 2.45) is 0 Å². The van der Waals surface area contributed by atoms with Crippen LogP contribution in [-0.2, 0) is 22.4 Å². The number of benzene rings is 3. The molecule has 0 bridgehead atoms. The number of methoxy groups -OCH3 is 2. The van der Waals surface area contributed by atoms with Crippen molar-refractivity contribution < 1.29 is 18.8 Å². The average molecular weight is 498 g/mol. The van der Waals surface area contributed by atoms with Crippen LogP contribution < -0.4 is 19.8 Å². The van der Waals surface area contributed by atoms with Crippen LogP contribution in [0.25, 0.3) is 0 Å². The van der Waals surface area contributed by atoms with E-state index in [9.17, 15) is 5.26 Å². The molecule has 37 heavy (non-hydrogen) atoms. The van der Waals surface area contributed by atoms with Gasteiger partial charge in [-0.25, -0.2) is 0 Å². The molecule has 7 heteroatoms. The van der Waals surface area contributed by atoms with E-state index < -0.39 is 18.3 Å². The van der Waals surface area contributed by atoms with Crippen molar-refractivity contribution in [1.82, 2.24) is 0 Å². The number of rotatable bonds is 8. The summed E-state index contributed by atoms with van der Waals surface area (Å²) in [5.74, 6) is 1.61. The van der Waals surface area contributed by atoms with E-state index >= 15 is 0 Å². The molecular formula is C30H35BN2O4. The molecule has 0 atom stereocenters. The van der Waals surface area contributed by atoms with E-state index in [1.54, 1.807) is 14.2 Å². The lowest BCUT2D eigenvalue weighted by Gasteiger charge is -2.32. The second kappa shape index (κ2) is 10.5. The maximum Gasteiger partial charge on any atom is 0.496 e. The molecule has 0 amide bonds. The van der Waals surface area contributed by atoms with Gasteiger partial charge in [0.05, 0.1) is 36.7 Å². The van der Waals surface area contributed by atoms with Crippen molar-refractivity contribution in [3.05, 3.63) is 82.9 Å². The fourth-order valence-electron chi connectivity index (χ4n) is 4.45. The molecule has 4 rings (SSSR count). The first-order chi connectivity index (χ1) is 17.6. The van der Waals surface area contributed by atoms with E-state index in [1.165, 1.54) is 0 Å². The third-order valence-electron chi connectivity index (χ3n) is 7.32. The maximum atomic E-state index is 10.4. The Hall–Kier alpha value is -3.47.